The van der Waals surface area contributed by atoms with Gasteiger partial charge in [-0.15, -0.1) is 6.58 Å². The van der Waals surface area contributed by atoms with Gasteiger partial charge in [0.1, 0.15) is 0 Å². The van der Waals surface area contributed by atoms with Crippen LogP contribution in [0.5, 0.6) is 0 Å². The Morgan fingerprint density at radius 2 is 2.20 bits per heavy atom. The van der Waals surface area contributed by atoms with E-state index < -0.39 is 0 Å². The predicted molar refractivity (Wildman–Crippen MR) is 65.2 cm³/mol. The van der Waals surface area contributed by atoms with Crippen molar-refractivity contribution in [1.82, 2.24) is 10.3 Å². The van der Waals surface area contributed by atoms with E-state index in [-0.39, 0.29) is 0 Å². The molecule has 0 bridgehead atoms. The molecule has 0 radical (unpaired) electrons. The number of hydrogen-bond acceptors (Lipinski definition) is 1. The van der Waals surface area contributed by atoms with Crippen LogP contribution < -0.4 is 5.32 Å². The topological polar surface area (TPSA) is 27.8 Å². The van der Waals surface area contributed by atoms with Gasteiger partial charge in [0.25, 0.3) is 0 Å². The highest BCUT2D eigenvalue weighted by Crippen LogP contribution is 2.26. The molecule has 0 fully saturated rings. The largest absolute Gasteiger partial charge is 0.356 e. The summed E-state index contributed by atoms with van der Waals surface area (Å²) in [4.78, 5) is 3.29. The van der Waals surface area contributed by atoms with Gasteiger partial charge in [0.15, 0.2) is 0 Å². The van der Waals surface area contributed by atoms with Gasteiger partial charge < -0.3 is 10.3 Å². The SMILES string of the molecule is C=CCNCc1[nH]c2ccccc2c1Cl. The fraction of sp³-hybridized carbons (Fsp3) is 0.167. The first-order chi connectivity index (χ1) is 7.33. The number of para-hydroxylation sites is 1. The number of aromatic amines is 1. The number of rotatable bonds is 4. The highest BCUT2D eigenvalue weighted by molar-refractivity contribution is 6.36. The van der Waals surface area contributed by atoms with E-state index in [1.165, 1.54) is 0 Å². The summed E-state index contributed by atoms with van der Waals surface area (Å²) in [7, 11) is 0. The van der Waals surface area contributed by atoms with E-state index in [2.05, 4.69) is 16.9 Å². The average molecular weight is 221 g/mol. The molecule has 2 nitrogen and oxygen atoms in total. The van der Waals surface area contributed by atoms with Crippen molar-refractivity contribution in [2.75, 3.05) is 6.54 Å². The van der Waals surface area contributed by atoms with Gasteiger partial charge in [-0.05, 0) is 6.07 Å². The molecule has 0 saturated heterocycles. The second kappa shape index (κ2) is 4.51. The molecule has 0 saturated carbocycles. The molecule has 1 heterocycles. The van der Waals surface area contributed by atoms with Crippen LogP contribution >= 0.6 is 11.6 Å². The molecule has 0 aliphatic heterocycles. The van der Waals surface area contributed by atoms with Crippen LogP contribution in [0.4, 0.5) is 0 Å². The number of aromatic nitrogens is 1. The van der Waals surface area contributed by atoms with Gasteiger partial charge in [-0.1, -0.05) is 35.9 Å². The molecule has 3 heteroatoms. The first kappa shape index (κ1) is 10.3. The summed E-state index contributed by atoms with van der Waals surface area (Å²) in [6.45, 7) is 5.17. The molecule has 2 aromatic rings. The summed E-state index contributed by atoms with van der Waals surface area (Å²) in [5.74, 6) is 0. The van der Waals surface area contributed by atoms with Crippen molar-refractivity contribution in [2.45, 2.75) is 6.54 Å². The lowest BCUT2D eigenvalue weighted by atomic mass is 10.2. The summed E-state index contributed by atoms with van der Waals surface area (Å²) in [5.41, 5.74) is 2.11. The third-order valence-corrected chi connectivity index (χ3v) is 2.74. The summed E-state index contributed by atoms with van der Waals surface area (Å²) in [6, 6.07) is 8.03. The summed E-state index contributed by atoms with van der Waals surface area (Å²) in [6.07, 6.45) is 1.83. The minimum Gasteiger partial charge on any atom is -0.356 e. The molecule has 15 heavy (non-hydrogen) atoms. The second-order valence-electron chi connectivity index (χ2n) is 3.38. The van der Waals surface area contributed by atoms with Crippen LogP contribution in [-0.4, -0.2) is 11.5 Å². The molecule has 1 aromatic heterocycles. The summed E-state index contributed by atoms with van der Waals surface area (Å²) >= 11 is 6.24. The summed E-state index contributed by atoms with van der Waals surface area (Å²) in [5, 5.41) is 5.11. The van der Waals surface area contributed by atoms with Gasteiger partial charge >= 0.3 is 0 Å². The van der Waals surface area contributed by atoms with Gasteiger partial charge in [-0.25, -0.2) is 0 Å². The van der Waals surface area contributed by atoms with Crippen molar-refractivity contribution in [3.8, 4) is 0 Å². The number of hydrogen-bond donors (Lipinski definition) is 2. The van der Waals surface area contributed by atoms with Crippen LogP contribution in [0.3, 0.4) is 0 Å². The van der Waals surface area contributed by atoms with Crippen molar-refractivity contribution >= 4 is 22.5 Å². The number of halogens is 1. The molecule has 0 spiro atoms. The molecule has 0 unspecified atom stereocenters. The monoisotopic (exact) mass is 220 g/mol. The van der Waals surface area contributed by atoms with Gasteiger partial charge in [-0.3, -0.25) is 0 Å². The maximum Gasteiger partial charge on any atom is 0.0705 e. The van der Waals surface area contributed by atoms with Crippen LogP contribution in [0, 0.1) is 0 Å². The van der Waals surface area contributed by atoms with E-state index in [9.17, 15) is 0 Å². The predicted octanol–water partition coefficient (Wildman–Crippen LogP) is 3.10. The molecule has 0 aliphatic rings. The zero-order valence-electron chi connectivity index (χ0n) is 8.39. The van der Waals surface area contributed by atoms with Crippen molar-refractivity contribution in [3.05, 3.63) is 47.6 Å². The first-order valence-corrected chi connectivity index (χ1v) is 5.27. The van der Waals surface area contributed by atoms with Crippen LogP contribution in [0.25, 0.3) is 10.9 Å². The van der Waals surface area contributed by atoms with E-state index in [4.69, 9.17) is 11.6 Å². The standard InChI is InChI=1S/C12H13ClN2/c1-2-7-14-8-11-12(13)9-5-3-4-6-10(9)15-11/h2-6,14-15H,1,7-8H2. The molecular weight excluding hydrogens is 208 g/mol. The molecule has 1 aromatic carbocycles. The molecule has 2 N–H and O–H groups in total. The second-order valence-corrected chi connectivity index (χ2v) is 3.76. The Balaban J connectivity index is 2.27. The number of H-pyrrole nitrogens is 1. The van der Waals surface area contributed by atoms with Crippen molar-refractivity contribution in [2.24, 2.45) is 0 Å². The Kier molecular flexibility index (Phi) is 3.09. The van der Waals surface area contributed by atoms with Crippen LogP contribution in [0.1, 0.15) is 5.69 Å². The average Bonchev–Trinajstić information content (AvgIpc) is 2.57. The molecule has 0 amide bonds. The van der Waals surface area contributed by atoms with E-state index >= 15 is 0 Å². The Hall–Kier alpha value is -1.25. The molecule has 2 rings (SSSR count). The lowest BCUT2D eigenvalue weighted by molar-refractivity contribution is 0.747. The Morgan fingerprint density at radius 1 is 1.40 bits per heavy atom. The fourth-order valence-corrected chi connectivity index (χ4v) is 1.86. The maximum atomic E-state index is 6.24. The van der Waals surface area contributed by atoms with Gasteiger partial charge in [0.2, 0.25) is 0 Å². The third-order valence-electron chi connectivity index (χ3n) is 2.30. The summed E-state index contributed by atoms with van der Waals surface area (Å²) < 4.78 is 0. The minimum atomic E-state index is 0.736. The van der Waals surface area contributed by atoms with Crippen molar-refractivity contribution in [3.63, 3.8) is 0 Å². The Labute approximate surface area is 93.9 Å². The van der Waals surface area contributed by atoms with Crippen LogP contribution in [0.2, 0.25) is 5.02 Å². The smallest absolute Gasteiger partial charge is 0.0705 e. The zero-order chi connectivity index (χ0) is 10.7. The number of nitrogens with one attached hydrogen (secondary N) is 2. The maximum absolute atomic E-state index is 6.24. The highest BCUT2D eigenvalue weighted by Gasteiger charge is 2.07. The first-order valence-electron chi connectivity index (χ1n) is 4.89. The van der Waals surface area contributed by atoms with Gasteiger partial charge in [0.05, 0.1) is 5.02 Å². The number of benzene rings is 1. The lowest BCUT2D eigenvalue weighted by Crippen LogP contribution is -2.12. The van der Waals surface area contributed by atoms with E-state index in [1.807, 2.05) is 30.3 Å². The number of fused-ring (bicyclic) bond motifs is 1. The Bertz CT molecular complexity index is 473. The third kappa shape index (κ3) is 2.06. The van der Waals surface area contributed by atoms with Gasteiger partial charge in [0, 0.05) is 29.7 Å². The van der Waals surface area contributed by atoms with Crippen LogP contribution in [0.15, 0.2) is 36.9 Å². The van der Waals surface area contributed by atoms with Crippen molar-refractivity contribution < 1.29 is 0 Å². The molecular formula is C12H13ClN2. The van der Waals surface area contributed by atoms with E-state index in [1.54, 1.807) is 0 Å². The fourth-order valence-electron chi connectivity index (χ4n) is 1.58. The lowest BCUT2D eigenvalue weighted by Gasteiger charge is -1.99. The van der Waals surface area contributed by atoms with E-state index in [0.29, 0.717) is 0 Å². The van der Waals surface area contributed by atoms with Crippen molar-refractivity contribution in [1.29, 1.82) is 0 Å². The van der Waals surface area contributed by atoms with Crippen LogP contribution in [-0.2, 0) is 6.54 Å². The van der Waals surface area contributed by atoms with Gasteiger partial charge in [-0.2, -0.15) is 0 Å². The quantitative estimate of drug-likeness (QED) is 0.602. The zero-order valence-corrected chi connectivity index (χ0v) is 9.14. The normalized spacial score (nSPS) is 10.7. The highest BCUT2D eigenvalue weighted by atomic mass is 35.5. The Morgan fingerprint density at radius 3 is 2.93 bits per heavy atom. The molecule has 0 aliphatic carbocycles. The van der Waals surface area contributed by atoms with E-state index in [0.717, 1.165) is 34.7 Å². The molecule has 0 atom stereocenters. The molecule has 78 valence electrons. The minimum absolute atomic E-state index is 0.736.